The Morgan fingerprint density at radius 3 is 2.69 bits per heavy atom. The minimum absolute atomic E-state index is 0.325. The van der Waals surface area contributed by atoms with E-state index in [0.717, 1.165) is 42.0 Å². The summed E-state index contributed by atoms with van der Waals surface area (Å²) in [4.78, 5) is 0. The molecule has 0 aromatic rings. The molecule has 0 bridgehead atoms. The molecular weight excluding hydrogens is 384 g/mol. The van der Waals surface area contributed by atoms with Crippen molar-refractivity contribution in [2.45, 2.75) is 66.2 Å². The second-order valence-corrected chi connectivity index (χ2v) is 10.4. The van der Waals surface area contributed by atoms with Gasteiger partial charge in [0.05, 0.1) is 12.4 Å². The molecule has 26 heavy (non-hydrogen) atoms. The fraction of sp³-hybridized carbons (Fsp3) is 0.750. The van der Waals surface area contributed by atoms with Crippen LogP contribution >= 0.6 is 15.9 Å². The summed E-state index contributed by atoms with van der Waals surface area (Å²) in [5, 5.41) is 1.15. The summed E-state index contributed by atoms with van der Waals surface area (Å²) in [6.07, 6.45) is 15.3. The van der Waals surface area contributed by atoms with E-state index in [0.29, 0.717) is 10.8 Å². The predicted molar refractivity (Wildman–Crippen MR) is 113 cm³/mol. The van der Waals surface area contributed by atoms with E-state index in [9.17, 15) is 0 Å². The summed E-state index contributed by atoms with van der Waals surface area (Å²) >= 11 is 3.76. The molecule has 0 aromatic heterocycles. The highest BCUT2D eigenvalue weighted by atomic mass is 79.9. The van der Waals surface area contributed by atoms with Gasteiger partial charge in [-0.1, -0.05) is 54.4 Å². The predicted octanol–water partition coefficient (Wildman–Crippen LogP) is 7.05. The van der Waals surface area contributed by atoms with Gasteiger partial charge in [0.2, 0.25) is 0 Å². The first kappa shape index (κ1) is 18.8. The van der Waals surface area contributed by atoms with E-state index >= 15 is 0 Å². The molecule has 0 heterocycles. The fourth-order valence-corrected chi connectivity index (χ4v) is 7.48. The third kappa shape index (κ3) is 2.69. The molecule has 0 spiro atoms. The van der Waals surface area contributed by atoms with Crippen LogP contribution in [0, 0.1) is 34.5 Å². The molecular formula is C24H35BrO. The number of alkyl halides is 1. The van der Waals surface area contributed by atoms with E-state index in [1.165, 1.54) is 43.4 Å². The molecule has 0 aromatic carbocycles. The van der Waals surface area contributed by atoms with Crippen molar-refractivity contribution in [1.82, 2.24) is 0 Å². The summed E-state index contributed by atoms with van der Waals surface area (Å²) in [5.41, 5.74) is 4.15. The Kier molecular flexibility index (Phi) is 4.95. The van der Waals surface area contributed by atoms with Gasteiger partial charge in [-0.05, 0) is 85.2 Å². The number of halogens is 1. The first-order chi connectivity index (χ1) is 12.4. The number of ether oxygens (including phenoxy) is 1. The van der Waals surface area contributed by atoms with Gasteiger partial charge < -0.3 is 4.74 Å². The lowest BCUT2D eigenvalue weighted by atomic mass is 9.51. The van der Waals surface area contributed by atoms with Crippen molar-refractivity contribution in [1.29, 1.82) is 0 Å². The highest BCUT2D eigenvalue weighted by Crippen LogP contribution is 2.65. The molecule has 0 aliphatic heterocycles. The van der Waals surface area contributed by atoms with E-state index in [-0.39, 0.29) is 0 Å². The normalized spacial score (nSPS) is 42.7. The van der Waals surface area contributed by atoms with Gasteiger partial charge >= 0.3 is 0 Å². The van der Waals surface area contributed by atoms with Gasteiger partial charge in [0.1, 0.15) is 0 Å². The molecule has 2 heteroatoms. The van der Waals surface area contributed by atoms with Crippen LogP contribution in [-0.4, -0.2) is 11.9 Å². The minimum atomic E-state index is 0.325. The van der Waals surface area contributed by atoms with Gasteiger partial charge in [-0.2, -0.15) is 0 Å². The Bertz CT molecular complexity index is 659. The maximum Gasteiger partial charge on any atom is 0.0962 e. The molecule has 2 saturated carbocycles. The second-order valence-electron chi connectivity index (χ2n) is 9.71. The minimum Gasteiger partial charge on any atom is -0.498 e. The molecule has 0 amide bonds. The molecule has 0 N–H and O–H groups in total. The summed E-state index contributed by atoms with van der Waals surface area (Å²) in [6.45, 7) is 10.5. The SMILES string of the molecule is CCOC1=CC2=CC=C3C4CC[C@H]([C@H](C)CBr)[C@@]4(C)CCC3[C@]2(C)CC1. The molecule has 2 unspecified atom stereocenters. The molecule has 0 saturated heterocycles. The monoisotopic (exact) mass is 418 g/mol. The Balaban J connectivity index is 1.67. The third-order valence-corrected chi connectivity index (χ3v) is 9.56. The Hall–Kier alpha value is -0.500. The zero-order valence-electron chi connectivity index (χ0n) is 17.0. The van der Waals surface area contributed by atoms with E-state index in [4.69, 9.17) is 4.74 Å². The van der Waals surface area contributed by atoms with E-state index in [1.807, 2.05) is 0 Å². The Morgan fingerprint density at radius 1 is 1.15 bits per heavy atom. The Morgan fingerprint density at radius 2 is 1.96 bits per heavy atom. The van der Waals surface area contributed by atoms with Crippen LogP contribution in [0.15, 0.2) is 35.1 Å². The first-order valence-electron chi connectivity index (χ1n) is 10.8. The van der Waals surface area contributed by atoms with Crippen LogP contribution in [0.3, 0.4) is 0 Å². The van der Waals surface area contributed by atoms with E-state index in [2.05, 4.69) is 61.9 Å². The quantitative estimate of drug-likeness (QED) is 0.444. The van der Waals surface area contributed by atoms with Crippen molar-refractivity contribution in [2.24, 2.45) is 34.5 Å². The number of fused-ring (bicyclic) bond motifs is 5. The van der Waals surface area contributed by atoms with Gasteiger partial charge in [0.25, 0.3) is 0 Å². The fourth-order valence-electron chi connectivity index (χ4n) is 7.03. The van der Waals surface area contributed by atoms with Crippen molar-refractivity contribution < 1.29 is 4.74 Å². The number of hydrogen-bond acceptors (Lipinski definition) is 1. The van der Waals surface area contributed by atoms with Gasteiger partial charge in [0.15, 0.2) is 0 Å². The van der Waals surface area contributed by atoms with Crippen LogP contribution < -0.4 is 0 Å². The van der Waals surface area contributed by atoms with Crippen LogP contribution in [0.2, 0.25) is 0 Å². The highest BCUT2D eigenvalue weighted by molar-refractivity contribution is 9.09. The largest absolute Gasteiger partial charge is 0.498 e. The van der Waals surface area contributed by atoms with Crippen molar-refractivity contribution in [2.75, 3.05) is 11.9 Å². The van der Waals surface area contributed by atoms with Crippen molar-refractivity contribution in [3.63, 3.8) is 0 Å². The molecule has 4 aliphatic carbocycles. The van der Waals surface area contributed by atoms with Gasteiger partial charge in [-0.15, -0.1) is 0 Å². The standard InChI is InChI=1S/C24H35BrO/c1-5-26-18-10-12-23(3)17(14-18)6-7-19-21-9-8-20(16(2)15-25)24(21,4)13-11-22(19)23/h6-7,14,16,20-22H,5,8-13,15H2,1-4H3/t16-,20-,21?,22?,23-,24-/m1/s1. The maximum atomic E-state index is 5.85. The molecule has 144 valence electrons. The average Bonchev–Trinajstić information content (AvgIpc) is 2.99. The van der Waals surface area contributed by atoms with Gasteiger partial charge in [-0.3, -0.25) is 0 Å². The summed E-state index contributed by atoms with van der Waals surface area (Å²) in [7, 11) is 0. The maximum absolute atomic E-state index is 5.85. The molecule has 6 atom stereocenters. The molecule has 4 aliphatic rings. The third-order valence-electron chi connectivity index (χ3n) is 8.54. The summed E-state index contributed by atoms with van der Waals surface area (Å²) in [6, 6.07) is 0. The van der Waals surface area contributed by atoms with Crippen LogP contribution in [0.1, 0.15) is 66.2 Å². The number of rotatable bonds is 4. The lowest BCUT2D eigenvalue weighted by Crippen LogP contribution is -2.45. The van der Waals surface area contributed by atoms with Crippen molar-refractivity contribution in [3.8, 4) is 0 Å². The summed E-state index contributed by atoms with van der Waals surface area (Å²) < 4.78 is 5.85. The number of hydrogen-bond donors (Lipinski definition) is 0. The molecule has 4 rings (SSSR count). The average molecular weight is 419 g/mol. The van der Waals surface area contributed by atoms with Gasteiger partial charge in [0, 0.05) is 11.8 Å². The lowest BCUT2D eigenvalue weighted by molar-refractivity contribution is 0.0566. The van der Waals surface area contributed by atoms with E-state index < -0.39 is 0 Å². The van der Waals surface area contributed by atoms with Crippen molar-refractivity contribution >= 4 is 15.9 Å². The van der Waals surface area contributed by atoms with Crippen LogP contribution in [0.5, 0.6) is 0 Å². The first-order valence-corrected chi connectivity index (χ1v) is 11.9. The highest BCUT2D eigenvalue weighted by Gasteiger charge is 2.56. The van der Waals surface area contributed by atoms with Crippen LogP contribution in [-0.2, 0) is 4.74 Å². The van der Waals surface area contributed by atoms with Gasteiger partial charge in [-0.25, -0.2) is 0 Å². The Labute approximate surface area is 168 Å². The smallest absolute Gasteiger partial charge is 0.0962 e. The summed E-state index contributed by atoms with van der Waals surface area (Å²) in [5.74, 6) is 4.42. The van der Waals surface area contributed by atoms with Crippen LogP contribution in [0.4, 0.5) is 0 Å². The van der Waals surface area contributed by atoms with Crippen LogP contribution in [0.25, 0.3) is 0 Å². The zero-order chi connectivity index (χ0) is 18.5. The lowest BCUT2D eigenvalue weighted by Gasteiger charge is -2.54. The molecule has 0 radical (unpaired) electrons. The molecule has 1 nitrogen and oxygen atoms in total. The number of allylic oxidation sites excluding steroid dienone is 6. The second kappa shape index (κ2) is 6.83. The topological polar surface area (TPSA) is 9.23 Å². The van der Waals surface area contributed by atoms with E-state index in [1.54, 1.807) is 5.57 Å². The van der Waals surface area contributed by atoms with Crippen molar-refractivity contribution in [3.05, 3.63) is 35.1 Å². The zero-order valence-corrected chi connectivity index (χ0v) is 18.6. The molecule has 2 fully saturated rings.